The molecular formula is C20H20ClN3O2. The van der Waals surface area contributed by atoms with E-state index in [4.69, 9.17) is 16.3 Å². The van der Waals surface area contributed by atoms with Crippen LogP contribution in [0.3, 0.4) is 0 Å². The first-order valence-electron chi connectivity index (χ1n) is 8.21. The predicted octanol–water partition coefficient (Wildman–Crippen LogP) is 4.54. The van der Waals surface area contributed by atoms with Gasteiger partial charge in [-0.15, -0.1) is 0 Å². The highest BCUT2D eigenvalue weighted by molar-refractivity contribution is 6.31. The molecule has 2 heterocycles. The van der Waals surface area contributed by atoms with E-state index < -0.39 is 0 Å². The zero-order valence-electron chi connectivity index (χ0n) is 14.9. The van der Waals surface area contributed by atoms with Crippen LogP contribution in [0.5, 0.6) is 0 Å². The SMILES string of the molecule is COCc1c(Cl)cccc1NC(=O)c1cc(C)n(-c2ccccn2)c1C. The Kier molecular flexibility index (Phi) is 5.40. The first kappa shape index (κ1) is 18.2. The van der Waals surface area contributed by atoms with E-state index in [1.165, 1.54) is 0 Å². The van der Waals surface area contributed by atoms with Crippen molar-refractivity contribution in [2.24, 2.45) is 0 Å². The molecule has 0 fully saturated rings. The van der Waals surface area contributed by atoms with Gasteiger partial charge in [0.2, 0.25) is 0 Å². The average molecular weight is 370 g/mol. The van der Waals surface area contributed by atoms with Crippen molar-refractivity contribution in [1.82, 2.24) is 9.55 Å². The number of anilines is 1. The lowest BCUT2D eigenvalue weighted by Gasteiger charge is -2.12. The van der Waals surface area contributed by atoms with Crippen LogP contribution in [0.25, 0.3) is 5.82 Å². The lowest BCUT2D eigenvalue weighted by molar-refractivity contribution is 0.102. The van der Waals surface area contributed by atoms with Crippen molar-refractivity contribution in [2.45, 2.75) is 20.5 Å². The van der Waals surface area contributed by atoms with Crippen molar-refractivity contribution < 1.29 is 9.53 Å². The number of ether oxygens (including phenoxy) is 1. The summed E-state index contributed by atoms with van der Waals surface area (Å²) in [5.41, 5.74) is 3.76. The predicted molar refractivity (Wildman–Crippen MR) is 103 cm³/mol. The molecule has 0 saturated heterocycles. The monoisotopic (exact) mass is 369 g/mol. The van der Waals surface area contributed by atoms with Gasteiger partial charge in [-0.25, -0.2) is 4.98 Å². The molecule has 0 saturated carbocycles. The number of halogens is 1. The Bertz CT molecular complexity index is 936. The molecule has 0 bridgehead atoms. The number of amides is 1. The molecule has 1 aromatic carbocycles. The summed E-state index contributed by atoms with van der Waals surface area (Å²) in [6, 6.07) is 12.9. The number of methoxy groups -OCH3 is 1. The first-order valence-corrected chi connectivity index (χ1v) is 8.58. The standard InChI is InChI=1S/C20H20ClN3O2/c1-13-11-15(14(2)24(13)19-9-4-5-10-22-19)20(25)23-18-8-6-7-17(21)16(18)12-26-3/h4-11H,12H2,1-3H3,(H,23,25). The first-order chi connectivity index (χ1) is 12.5. The van der Waals surface area contributed by atoms with Gasteiger partial charge in [-0.3, -0.25) is 4.79 Å². The van der Waals surface area contributed by atoms with Crippen LogP contribution in [0, 0.1) is 13.8 Å². The third-order valence-corrected chi connectivity index (χ3v) is 4.56. The fraction of sp³-hybridized carbons (Fsp3) is 0.200. The molecule has 3 rings (SSSR count). The summed E-state index contributed by atoms with van der Waals surface area (Å²) in [4.78, 5) is 17.2. The van der Waals surface area contributed by atoms with Crippen LogP contribution in [0.2, 0.25) is 5.02 Å². The summed E-state index contributed by atoms with van der Waals surface area (Å²) < 4.78 is 7.15. The zero-order valence-corrected chi connectivity index (χ0v) is 15.7. The number of pyridine rings is 1. The van der Waals surface area contributed by atoms with Gasteiger partial charge < -0.3 is 14.6 Å². The maximum Gasteiger partial charge on any atom is 0.257 e. The summed E-state index contributed by atoms with van der Waals surface area (Å²) in [5.74, 6) is 0.587. The van der Waals surface area contributed by atoms with E-state index >= 15 is 0 Å². The van der Waals surface area contributed by atoms with Gasteiger partial charge in [-0.05, 0) is 44.2 Å². The van der Waals surface area contributed by atoms with Gasteiger partial charge in [-0.2, -0.15) is 0 Å². The van der Waals surface area contributed by atoms with E-state index in [2.05, 4.69) is 10.3 Å². The number of hydrogen-bond acceptors (Lipinski definition) is 3. The molecule has 5 nitrogen and oxygen atoms in total. The highest BCUT2D eigenvalue weighted by Gasteiger charge is 2.18. The van der Waals surface area contributed by atoms with Crippen LogP contribution in [-0.4, -0.2) is 22.6 Å². The second-order valence-corrected chi connectivity index (χ2v) is 6.37. The number of aryl methyl sites for hydroxylation is 1. The van der Waals surface area contributed by atoms with E-state index in [1.54, 1.807) is 25.4 Å². The van der Waals surface area contributed by atoms with Gasteiger partial charge in [0.1, 0.15) is 5.82 Å². The molecule has 0 atom stereocenters. The molecule has 0 aliphatic rings. The molecule has 0 radical (unpaired) electrons. The van der Waals surface area contributed by atoms with Crippen LogP contribution in [0.15, 0.2) is 48.7 Å². The van der Waals surface area contributed by atoms with E-state index in [0.29, 0.717) is 22.9 Å². The minimum atomic E-state index is -0.195. The van der Waals surface area contributed by atoms with E-state index in [1.807, 2.05) is 48.7 Å². The van der Waals surface area contributed by atoms with Crippen molar-refractivity contribution in [3.05, 3.63) is 76.2 Å². The minimum absolute atomic E-state index is 0.195. The summed E-state index contributed by atoms with van der Waals surface area (Å²) in [7, 11) is 1.59. The number of aromatic nitrogens is 2. The van der Waals surface area contributed by atoms with Crippen molar-refractivity contribution in [2.75, 3.05) is 12.4 Å². The van der Waals surface area contributed by atoms with Crippen molar-refractivity contribution >= 4 is 23.2 Å². The summed E-state index contributed by atoms with van der Waals surface area (Å²) in [6.45, 7) is 4.18. The number of nitrogens with zero attached hydrogens (tertiary/aromatic N) is 2. The van der Waals surface area contributed by atoms with Gasteiger partial charge in [0.15, 0.2) is 0 Å². The number of hydrogen-bond donors (Lipinski definition) is 1. The van der Waals surface area contributed by atoms with Gasteiger partial charge in [0.25, 0.3) is 5.91 Å². The second-order valence-electron chi connectivity index (χ2n) is 5.96. The van der Waals surface area contributed by atoms with Crippen LogP contribution in [-0.2, 0) is 11.3 Å². The normalized spacial score (nSPS) is 10.8. The molecule has 26 heavy (non-hydrogen) atoms. The number of carbonyl (C=O) groups is 1. The number of rotatable bonds is 5. The molecule has 0 spiro atoms. The summed E-state index contributed by atoms with van der Waals surface area (Å²) in [5, 5.41) is 3.51. The molecule has 3 aromatic rings. The fourth-order valence-electron chi connectivity index (χ4n) is 2.99. The molecular weight excluding hydrogens is 350 g/mol. The highest BCUT2D eigenvalue weighted by Crippen LogP contribution is 2.27. The second kappa shape index (κ2) is 7.72. The molecule has 1 amide bonds. The number of benzene rings is 1. The third-order valence-electron chi connectivity index (χ3n) is 4.21. The van der Waals surface area contributed by atoms with Gasteiger partial charge >= 0.3 is 0 Å². The molecule has 0 aliphatic heterocycles. The lowest BCUT2D eigenvalue weighted by Crippen LogP contribution is -2.15. The van der Waals surface area contributed by atoms with Gasteiger partial charge in [0, 0.05) is 41.0 Å². The Hall–Kier alpha value is -2.63. The number of carbonyl (C=O) groups excluding carboxylic acids is 1. The highest BCUT2D eigenvalue weighted by atomic mass is 35.5. The quantitative estimate of drug-likeness (QED) is 0.718. The van der Waals surface area contributed by atoms with Gasteiger partial charge in [-0.1, -0.05) is 23.7 Å². The molecule has 2 aromatic heterocycles. The smallest absolute Gasteiger partial charge is 0.257 e. The lowest BCUT2D eigenvalue weighted by atomic mass is 10.1. The van der Waals surface area contributed by atoms with E-state index in [-0.39, 0.29) is 5.91 Å². The van der Waals surface area contributed by atoms with Crippen LogP contribution in [0.1, 0.15) is 27.3 Å². The Morgan fingerprint density at radius 3 is 2.73 bits per heavy atom. The van der Waals surface area contributed by atoms with E-state index in [0.717, 1.165) is 22.8 Å². The van der Waals surface area contributed by atoms with Gasteiger partial charge in [0.05, 0.1) is 12.2 Å². The molecule has 1 N–H and O–H groups in total. The molecule has 0 unspecified atom stereocenters. The maximum absolute atomic E-state index is 12.9. The van der Waals surface area contributed by atoms with Crippen molar-refractivity contribution in [3.8, 4) is 5.82 Å². The molecule has 134 valence electrons. The van der Waals surface area contributed by atoms with Crippen molar-refractivity contribution in [1.29, 1.82) is 0 Å². The Labute approximate surface area is 157 Å². The van der Waals surface area contributed by atoms with Crippen molar-refractivity contribution in [3.63, 3.8) is 0 Å². The van der Waals surface area contributed by atoms with Crippen LogP contribution >= 0.6 is 11.6 Å². The average Bonchev–Trinajstić information content (AvgIpc) is 2.93. The Morgan fingerprint density at radius 1 is 1.23 bits per heavy atom. The maximum atomic E-state index is 12.9. The molecule has 0 aliphatic carbocycles. The van der Waals surface area contributed by atoms with Crippen LogP contribution in [0.4, 0.5) is 5.69 Å². The number of nitrogens with one attached hydrogen (secondary N) is 1. The third kappa shape index (κ3) is 3.49. The molecule has 6 heteroatoms. The van der Waals surface area contributed by atoms with Crippen LogP contribution < -0.4 is 5.32 Å². The Balaban J connectivity index is 1.94. The minimum Gasteiger partial charge on any atom is -0.380 e. The summed E-state index contributed by atoms with van der Waals surface area (Å²) >= 11 is 6.23. The largest absolute Gasteiger partial charge is 0.380 e. The fourth-order valence-corrected chi connectivity index (χ4v) is 3.22. The van der Waals surface area contributed by atoms with E-state index in [9.17, 15) is 4.79 Å². The summed E-state index contributed by atoms with van der Waals surface area (Å²) in [6.07, 6.45) is 1.73. The Morgan fingerprint density at radius 2 is 2.04 bits per heavy atom. The zero-order chi connectivity index (χ0) is 18.7. The topological polar surface area (TPSA) is 56.1 Å².